The molecule has 2 rings (SSSR count). The molecule has 0 aromatic carbocycles. The second-order valence-electron chi connectivity index (χ2n) is 4.10. The van der Waals surface area contributed by atoms with E-state index >= 15 is 0 Å². The van der Waals surface area contributed by atoms with Crippen LogP contribution >= 0.6 is 11.6 Å². The first-order valence-electron chi connectivity index (χ1n) is 5.36. The molecule has 1 aromatic heterocycles. The summed E-state index contributed by atoms with van der Waals surface area (Å²) in [4.78, 5) is 26.9. The number of carbonyl (C=O) groups excluding carboxylic acids is 1. The van der Waals surface area contributed by atoms with Crippen LogP contribution in [0.15, 0.2) is 12.3 Å². The average molecular weight is 288 g/mol. The Morgan fingerprint density at radius 3 is 2.58 bits per heavy atom. The molecule has 0 radical (unpaired) electrons. The molecule has 1 fully saturated rings. The van der Waals surface area contributed by atoms with Gasteiger partial charge in [0.1, 0.15) is 5.56 Å². The number of amides is 1. The van der Waals surface area contributed by atoms with Crippen LogP contribution in [-0.2, 0) is 0 Å². The Morgan fingerprint density at radius 1 is 1.47 bits per heavy atom. The van der Waals surface area contributed by atoms with E-state index in [0.717, 1.165) is 4.90 Å². The number of nitro groups is 1. The molecule has 1 amide bonds. The van der Waals surface area contributed by atoms with Gasteiger partial charge in [-0.05, 0) is 6.07 Å². The van der Waals surface area contributed by atoms with Crippen LogP contribution in [0.25, 0.3) is 0 Å². The van der Waals surface area contributed by atoms with Crippen LogP contribution < -0.4 is 0 Å². The molecule has 2 heterocycles. The Bertz CT molecular complexity index is 528. The third kappa shape index (κ3) is 2.50. The first-order valence-corrected chi connectivity index (χ1v) is 5.74. The quantitative estimate of drug-likeness (QED) is 0.443. The second-order valence-corrected chi connectivity index (χ2v) is 4.46. The van der Waals surface area contributed by atoms with E-state index in [1.54, 1.807) is 0 Å². The van der Waals surface area contributed by atoms with Crippen molar-refractivity contribution in [2.75, 3.05) is 13.1 Å². The van der Waals surface area contributed by atoms with E-state index in [1.165, 1.54) is 12.3 Å². The Balaban J connectivity index is 2.35. The number of carbonyl (C=O) groups is 1. The summed E-state index contributed by atoms with van der Waals surface area (Å²) in [5.41, 5.74) is -0.795. The van der Waals surface area contributed by atoms with Crippen LogP contribution in [0.4, 0.5) is 5.69 Å². The molecule has 8 nitrogen and oxygen atoms in total. The molecule has 0 saturated carbocycles. The number of halogens is 1. The fourth-order valence-corrected chi connectivity index (χ4v) is 2.11. The molecule has 2 N–H and O–H groups in total. The monoisotopic (exact) mass is 287 g/mol. The minimum Gasteiger partial charge on any atom is -0.388 e. The first-order chi connectivity index (χ1) is 8.91. The third-order valence-electron chi connectivity index (χ3n) is 2.84. The number of hydrogen-bond donors (Lipinski definition) is 2. The number of likely N-dealkylation sites (tertiary alicyclic amines) is 1. The first kappa shape index (κ1) is 13.7. The fourth-order valence-electron chi connectivity index (χ4n) is 1.88. The molecule has 2 unspecified atom stereocenters. The van der Waals surface area contributed by atoms with Crippen LogP contribution in [0.2, 0.25) is 5.15 Å². The summed E-state index contributed by atoms with van der Waals surface area (Å²) in [6.45, 7) is -0.172. The standard InChI is InChI=1S/C10H10ClN3O5/c11-9-8(14(18)19)5(1-2-12-9)10(17)13-3-6(15)7(16)4-13/h1-2,6-7,15-16H,3-4H2. The van der Waals surface area contributed by atoms with Gasteiger partial charge in [0, 0.05) is 19.3 Å². The highest BCUT2D eigenvalue weighted by molar-refractivity contribution is 6.32. The predicted octanol–water partition coefficient (Wildman–Crippen LogP) is -0.179. The Labute approximate surface area is 112 Å². The van der Waals surface area contributed by atoms with Gasteiger partial charge < -0.3 is 15.1 Å². The van der Waals surface area contributed by atoms with E-state index in [9.17, 15) is 25.1 Å². The number of aliphatic hydroxyl groups excluding tert-OH is 2. The maximum Gasteiger partial charge on any atom is 0.319 e. The summed E-state index contributed by atoms with van der Waals surface area (Å²) in [5.74, 6) is -0.674. The predicted molar refractivity (Wildman–Crippen MR) is 63.8 cm³/mol. The number of β-amino-alcohol motifs (C(OH)–C–C–N with tert-alkyl or cyclic N) is 2. The molecule has 0 aliphatic carbocycles. The minimum absolute atomic E-state index is 0.0862. The number of pyridine rings is 1. The van der Waals surface area contributed by atoms with Crippen molar-refractivity contribution in [2.45, 2.75) is 12.2 Å². The Kier molecular flexibility index (Phi) is 3.65. The van der Waals surface area contributed by atoms with Crippen molar-refractivity contribution in [2.24, 2.45) is 0 Å². The lowest BCUT2D eigenvalue weighted by molar-refractivity contribution is -0.385. The van der Waals surface area contributed by atoms with Crippen molar-refractivity contribution >= 4 is 23.2 Å². The highest BCUT2D eigenvalue weighted by Gasteiger charge is 2.36. The zero-order valence-corrected chi connectivity index (χ0v) is 10.3. The second kappa shape index (κ2) is 5.08. The van der Waals surface area contributed by atoms with Crippen molar-refractivity contribution in [1.82, 2.24) is 9.88 Å². The molecule has 2 atom stereocenters. The van der Waals surface area contributed by atoms with Crippen LogP contribution in [0.5, 0.6) is 0 Å². The topological polar surface area (TPSA) is 117 Å². The van der Waals surface area contributed by atoms with Crippen molar-refractivity contribution in [1.29, 1.82) is 0 Å². The molecular weight excluding hydrogens is 278 g/mol. The maximum atomic E-state index is 12.1. The summed E-state index contributed by atoms with van der Waals surface area (Å²) in [7, 11) is 0. The number of rotatable bonds is 2. The number of aromatic nitrogens is 1. The van der Waals surface area contributed by atoms with Gasteiger partial charge in [0.05, 0.1) is 17.1 Å². The van der Waals surface area contributed by atoms with Crippen LogP contribution in [0, 0.1) is 10.1 Å². The molecule has 19 heavy (non-hydrogen) atoms. The van der Waals surface area contributed by atoms with E-state index < -0.39 is 28.7 Å². The molecule has 1 aliphatic rings. The van der Waals surface area contributed by atoms with Gasteiger partial charge in [-0.2, -0.15) is 0 Å². The molecule has 0 spiro atoms. The molecule has 102 valence electrons. The molecular formula is C10H10ClN3O5. The molecule has 1 saturated heterocycles. The van der Waals surface area contributed by atoms with E-state index in [4.69, 9.17) is 11.6 Å². The normalized spacial score (nSPS) is 22.6. The highest BCUT2D eigenvalue weighted by atomic mass is 35.5. The summed E-state index contributed by atoms with van der Waals surface area (Å²) in [6.07, 6.45) is -0.925. The van der Waals surface area contributed by atoms with Crippen LogP contribution in [-0.4, -0.2) is 56.2 Å². The van der Waals surface area contributed by atoms with Crippen molar-refractivity contribution in [3.05, 3.63) is 33.1 Å². The van der Waals surface area contributed by atoms with E-state index in [2.05, 4.69) is 4.98 Å². The summed E-state index contributed by atoms with van der Waals surface area (Å²) < 4.78 is 0. The van der Waals surface area contributed by atoms with Gasteiger partial charge in [-0.1, -0.05) is 11.6 Å². The lowest BCUT2D eigenvalue weighted by atomic mass is 10.2. The van der Waals surface area contributed by atoms with Gasteiger partial charge in [0.25, 0.3) is 5.91 Å². The van der Waals surface area contributed by atoms with Crippen LogP contribution in [0.1, 0.15) is 10.4 Å². The number of aliphatic hydroxyl groups is 2. The SMILES string of the molecule is O=C(c1ccnc(Cl)c1[N+](=O)[O-])N1CC(O)C(O)C1. The lowest BCUT2D eigenvalue weighted by Crippen LogP contribution is -2.30. The van der Waals surface area contributed by atoms with E-state index in [0.29, 0.717) is 0 Å². The van der Waals surface area contributed by atoms with Gasteiger partial charge in [-0.25, -0.2) is 4.98 Å². The summed E-state index contributed by atoms with van der Waals surface area (Å²) in [5, 5.41) is 29.3. The van der Waals surface area contributed by atoms with E-state index in [1.807, 2.05) is 0 Å². The molecule has 1 aromatic rings. The van der Waals surface area contributed by atoms with Gasteiger partial charge in [-0.15, -0.1) is 0 Å². The fraction of sp³-hybridized carbons (Fsp3) is 0.400. The minimum atomic E-state index is -1.06. The lowest BCUT2D eigenvalue weighted by Gasteiger charge is -2.15. The van der Waals surface area contributed by atoms with Crippen LogP contribution in [0.3, 0.4) is 0 Å². The van der Waals surface area contributed by atoms with Crippen molar-refractivity contribution < 1.29 is 19.9 Å². The number of nitrogens with zero attached hydrogens (tertiary/aromatic N) is 3. The highest BCUT2D eigenvalue weighted by Crippen LogP contribution is 2.28. The third-order valence-corrected chi connectivity index (χ3v) is 3.12. The smallest absolute Gasteiger partial charge is 0.319 e. The maximum absolute atomic E-state index is 12.1. The summed E-state index contributed by atoms with van der Waals surface area (Å²) in [6, 6.07) is 1.18. The van der Waals surface area contributed by atoms with Gasteiger partial charge in [0.2, 0.25) is 5.15 Å². The van der Waals surface area contributed by atoms with E-state index in [-0.39, 0.29) is 23.8 Å². The zero-order chi connectivity index (χ0) is 14.2. The number of hydrogen-bond acceptors (Lipinski definition) is 6. The molecule has 9 heteroatoms. The molecule has 1 aliphatic heterocycles. The van der Waals surface area contributed by atoms with Crippen molar-refractivity contribution in [3.8, 4) is 0 Å². The largest absolute Gasteiger partial charge is 0.388 e. The Morgan fingerprint density at radius 2 is 2.05 bits per heavy atom. The van der Waals surface area contributed by atoms with Gasteiger partial charge >= 0.3 is 5.69 Å². The van der Waals surface area contributed by atoms with Gasteiger partial charge in [0.15, 0.2) is 0 Å². The van der Waals surface area contributed by atoms with Gasteiger partial charge in [-0.3, -0.25) is 14.9 Å². The Hall–Kier alpha value is -1.77. The molecule has 0 bridgehead atoms. The zero-order valence-electron chi connectivity index (χ0n) is 9.56. The van der Waals surface area contributed by atoms with Crippen molar-refractivity contribution in [3.63, 3.8) is 0 Å². The average Bonchev–Trinajstić information content (AvgIpc) is 2.68. The summed E-state index contributed by atoms with van der Waals surface area (Å²) >= 11 is 5.61.